The van der Waals surface area contributed by atoms with Gasteiger partial charge in [-0.15, -0.1) is 0 Å². The third kappa shape index (κ3) is 12.2. The molecule has 4 bridgehead atoms. The quantitative estimate of drug-likeness (QED) is 0.179. The van der Waals surface area contributed by atoms with Crippen LogP contribution in [-0.2, 0) is 52.4 Å². The lowest BCUT2D eigenvalue weighted by atomic mass is 9.68. The molecule has 14 heteroatoms. The SMILES string of the molecule is CO[C@H]1C[C@@H]2CC[C@@H](C)[C@@](OC)(O2)C(=O)C(=O)N2CCC[C@@H]3C(C[C@@H]4CC[C@@H](O)[C@H](OC)C4)[C@H](CC(=O)C(C)/C=C(\C)[C@@H](O)[C@@H](OC)C(=O)[C@H](C)CC(C)/C=C/C=C/C=C1C)OC(=O)[C@H]32. The normalized spacial score (nSPS) is 41.9. The number of aliphatic hydroxyl groups is 2. The number of nitrogens with zero attached hydrogens (tertiary/aromatic N) is 1. The number of carbonyl (C=O) groups is 5. The summed E-state index contributed by atoms with van der Waals surface area (Å²) in [5, 5.41) is 22.1. The van der Waals surface area contributed by atoms with Gasteiger partial charge in [0.2, 0.25) is 5.79 Å². The molecule has 5 aliphatic rings. The van der Waals surface area contributed by atoms with Crippen LogP contribution in [0.1, 0.15) is 112 Å². The molecule has 65 heavy (non-hydrogen) atoms. The molecule has 3 saturated heterocycles. The van der Waals surface area contributed by atoms with E-state index in [0.29, 0.717) is 69.8 Å². The van der Waals surface area contributed by atoms with Gasteiger partial charge in [-0.25, -0.2) is 4.79 Å². The molecular formula is C51H77NO13. The summed E-state index contributed by atoms with van der Waals surface area (Å²) in [6.07, 6.45) is 11.7. The molecule has 3 unspecified atom stereocenters. The van der Waals surface area contributed by atoms with Crippen molar-refractivity contribution in [2.45, 2.75) is 167 Å². The minimum atomic E-state index is -1.89. The second-order valence-corrected chi connectivity index (χ2v) is 19.7. The number of carbonyl (C=O) groups excluding carboxylic acids is 5. The second kappa shape index (κ2) is 23.6. The van der Waals surface area contributed by atoms with E-state index in [1.54, 1.807) is 34.1 Å². The highest BCUT2D eigenvalue weighted by Gasteiger charge is 2.58. The Labute approximate surface area is 386 Å². The molecule has 0 aromatic carbocycles. The standard InChI is InChI=1S/C51H77NO13/c1-29-15-12-11-13-16-30(2)41(60-7)27-36-20-18-34(6)51(63-10,65-36)48(57)49(58)52-22-14-17-37-38(25-35-19-21-39(53)43(26-35)61-8)42(64-50(59)44(37)52)28-40(54)31(3)24-33(5)46(56)47(62-9)45(55)32(4)23-29/h11-13,15-16,24,29,31-32,34-39,41-44,46-47,53,56H,14,17-23,25-28H2,1-10H3/b13-11+,15-12+,30-16?,33-24+/t29?,31?,32-,34-,35+,36+,37-,38?,39-,41+,42+,43-,44+,46-,47+,51-/m1/s1. The van der Waals surface area contributed by atoms with Crippen LogP contribution in [0.3, 0.4) is 0 Å². The van der Waals surface area contributed by atoms with E-state index < -0.39 is 83.7 Å². The Morgan fingerprint density at radius 3 is 2.25 bits per heavy atom. The van der Waals surface area contributed by atoms with E-state index in [1.165, 1.54) is 19.1 Å². The Bertz CT molecular complexity index is 1810. The van der Waals surface area contributed by atoms with Crippen LogP contribution >= 0.6 is 0 Å². The Balaban J connectivity index is 1.52. The van der Waals surface area contributed by atoms with Gasteiger partial charge in [-0.05, 0) is 101 Å². The average molecular weight is 912 g/mol. The molecule has 0 radical (unpaired) electrons. The third-order valence-corrected chi connectivity index (χ3v) is 15.2. The molecular weight excluding hydrogens is 835 g/mol. The van der Waals surface area contributed by atoms with E-state index in [9.17, 15) is 34.2 Å². The Kier molecular flexibility index (Phi) is 19.1. The number of ketones is 3. The maximum atomic E-state index is 14.7. The molecule has 5 rings (SSSR count). The number of rotatable bonds is 6. The van der Waals surface area contributed by atoms with Gasteiger partial charge in [-0.3, -0.25) is 19.2 Å². The van der Waals surface area contributed by atoms with Crippen molar-refractivity contribution in [3.8, 4) is 0 Å². The molecule has 16 atom stereocenters. The van der Waals surface area contributed by atoms with Crippen molar-refractivity contribution < 1.29 is 62.6 Å². The predicted octanol–water partition coefficient (Wildman–Crippen LogP) is 6.05. The summed E-state index contributed by atoms with van der Waals surface area (Å²) in [7, 11) is 5.96. The topological polar surface area (TPSA) is 184 Å². The first-order valence-corrected chi connectivity index (χ1v) is 23.9. The second-order valence-electron chi connectivity index (χ2n) is 19.7. The van der Waals surface area contributed by atoms with Gasteiger partial charge in [-0.1, -0.05) is 64.2 Å². The molecule has 0 aromatic rings. The minimum absolute atomic E-state index is 0.0345. The van der Waals surface area contributed by atoms with E-state index in [1.807, 2.05) is 58.1 Å². The van der Waals surface area contributed by atoms with Gasteiger partial charge < -0.3 is 43.5 Å². The lowest BCUT2D eigenvalue weighted by Crippen LogP contribution is -2.65. The number of esters is 1. The summed E-state index contributed by atoms with van der Waals surface area (Å²) in [4.78, 5) is 72.9. The van der Waals surface area contributed by atoms with Crippen molar-refractivity contribution in [3.05, 3.63) is 47.6 Å². The summed E-state index contributed by atoms with van der Waals surface area (Å²) in [6, 6.07) is -1.07. The highest BCUT2D eigenvalue weighted by molar-refractivity contribution is 6.39. The lowest BCUT2D eigenvalue weighted by Gasteiger charge is -2.50. The van der Waals surface area contributed by atoms with E-state index in [4.69, 9.17) is 28.4 Å². The minimum Gasteiger partial charge on any atom is -0.460 e. The van der Waals surface area contributed by atoms with Gasteiger partial charge in [0.15, 0.2) is 5.78 Å². The summed E-state index contributed by atoms with van der Waals surface area (Å²) < 4.78 is 35.9. The summed E-state index contributed by atoms with van der Waals surface area (Å²) >= 11 is 0. The number of ether oxygens (including phenoxy) is 6. The van der Waals surface area contributed by atoms with Crippen molar-refractivity contribution in [1.82, 2.24) is 4.90 Å². The van der Waals surface area contributed by atoms with Gasteiger partial charge in [0.05, 0.1) is 24.4 Å². The predicted molar refractivity (Wildman–Crippen MR) is 243 cm³/mol. The zero-order valence-corrected chi connectivity index (χ0v) is 40.4. The Hall–Kier alpha value is -3.37. The van der Waals surface area contributed by atoms with Crippen molar-refractivity contribution in [2.24, 2.45) is 41.4 Å². The highest BCUT2D eigenvalue weighted by atomic mass is 16.7. The number of Topliss-reactive ketones (excluding diaryl/α,β-unsaturated/α-hetero) is 3. The van der Waals surface area contributed by atoms with Crippen LogP contribution < -0.4 is 0 Å². The van der Waals surface area contributed by atoms with Crippen LogP contribution in [0.15, 0.2) is 47.6 Å². The number of hydrogen-bond acceptors (Lipinski definition) is 13. The highest BCUT2D eigenvalue weighted by Crippen LogP contribution is 2.45. The van der Waals surface area contributed by atoms with Crippen LogP contribution in [-0.4, -0.2) is 134 Å². The first-order chi connectivity index (χ1) is 30.9. The molecule has 4 aliphatic heterocycles. The average Bonchev–Trinajstić information content (AvgIpc) is 3.29. The number of allylic oxidation sites excluding steroid dienone is 6. The third-order valence-electron chi connectivity index (χ3n) is 15.2. The fourth-order valence-corrected chi connectivity index (χ4v) is 11.2. The number of fused-ring (bicyclic) bond motifs is 4. The monoisotopic (exact) mass is 912 g/mol. The molecule has 4 fully saturated rings. The summed E-state index contributed by atoms with van der Waals surface area (Å²) in [5.41, 5.74) is 1.33. The summed E-state index contributed by atoms with van der Waals surface area (Å²) in [6.45, 7) is 11.2. The first kappa shape index (κ1) is 52.6. The smallest absolute Gasteiger partial charge is 0.329 e. The molecule has 14 nitrogen and oxygen atoms in total. The van der Waals surface area contributed by atoms with E-state index in [-0.39, 0.29) is 54.5 Å². The van der Waals surface area contributed by atoms with Crippen molar-refractivity contribution in [1.29, 1.82) is 0 Å². The molecule has 0 spiro atoms. The zero-order valence-electron chi connectivity index (χ0n) is 40.4. The molecule has 2 N–H and O–H groups in total. The number of methoxy groups -OCH3 is 4. The maximum absolute atomic E-state index is 14.7. The molecule has 1 saturated carbocycles. The van der Waals surface area contributed by atoms with Gasteiger partial charge >= 0.3 is 5.97 Å². The van der Waals surface area contributed by atoms with Crippen LogP contribution in [0.5, 0.6) is 0 Å². The molecule has 364 valence electrons. The van der Waals surface area contributed by atoms with Crippen molar-refractivity contribution in [2.75, 3.05) is 35.0 Å². The van der Waals surface area contributed by atoms with E-state index >= 15 is 0 Å². The molecule has 1 aliphatic carbocycles. The Morgan fingerprint density at radius 2 is 1.57 bits per heavy atom. The van der Waals surface area contributed by atoms with Gasteiger partial charge in [0, 0.05) is 71.5 Å². The molecule has 0 aromatic heterocycles. The molecule has 1 amide bonds. The van der Waals surface area contributed by atoms with Crippen LogP contribution in [0.2, 0.25) is 0 Å². The number of amides is 1. The van der Waals surface area contributed by atoms with Gasteiger partial charge in [0.25, 0.3) is 11.7 Å². The molecule has 4 heterocycles. The number of piperidine rings is 1. The fourth-order valence-electron chi connectivity index (χ4n) is 11.2. The van der Waals surface area contributed by atoms with Crippen molar-refractivity contribution >= 4 is 29.2 Å². The Morgan fingerprint density at radius 1 is 0.831 bits per heavy atom. The van der Waals surface area contributed by atoms with Gasteiger partial charge in [-0.2, -0.15) is 0 Å². The lowest BCUT2D eigenvalue weighted by molar-refractivity contribution is -0.277. The van der Waals surface area contributed by atoms with E-state index in [0.717, 1.165) is 5.57 Å². The fraction of sp³-hybridized carbons (Fsp3) is 0.745. The maximum Gasteiger partial charge on any atom is 0.329 e. The zero-order chi connectivity index (χ0) is 47.7. The van der Waals surface area contributed by atoms with E-state index in [2.05, 4.69) is 0 Å². The first-order valence-electron chi connectivity index (χ1n) is 23.9. The largest absolute Gasteiger partial charge is 0.460 e. The van der Waals surface area contributed by atoms with Crippen LogP contribution in [0.4, 0.5) is 0 Å². The summed E-state index contributed by atoms with van der Waals surface area (Å²) in [5.74, 6) is -7.06. The van der Waals surface area contributed by atoms with Crippen LogP contribution in [0.25, 0.3) is 0 Å². The van der Waals surface area contributed by atoms with Crippen molar-refractivity contribution in [3.63, 3.8) is 0 Å². The van der Waals surface area contributed by atoms with Crippen LogP contribution in [0, 0.1) is 41.4 Å². The number of hydrogen-bond donors (Lipinski definition) is 2. The van der Waals surface area contributed by atoms with Gasteiger partial charge in [0.1, 0.15) is 30.1 Å². The number of aliphatic hydroxyl groups excluding tert-OH is 2.